The van der Waals surface area contributed by atoms with Crippen molar-refractivity contribution < 1.29 is 20.4 Å². The molecular weight excluding hydrogens is 124 g/mol. The molecule has 0 spiro atoms. The van der Waals surface area contributed by atoms with E-state index in [1.54, 1.807) is 0 Å². The van der Waals surface area contributed by atoms with E-state index in [-0.39, 0.29) is 0 Å². The molecule has 0 amide bonds. The minimum Gasteiger partial charge on any atom is -0.361 e. The molecule has 0 aromatic carbocycles. The van der Waals surface area contributed by atoms with Crippen LogP contribution < -0.4 is 0 Å². The molecule has 0 heterocycles. The van der Waals surface area contributed by atoms with Crippen molar-refractivity contribution in [2.75, 3.05) is 0 Å². The van der Waals surface area contributed by atoms with Crippen LogP contribution in [0.5, 0.6) is 0 Å². The fraction of sp³-hybridized carbons (Fsp3) is 0.600. The van der Waals surface area contributed by atoms with E-state index in [4.69, 9.17) is 20.4 Å². The molecule has 0 unspecified atom stereocenters. The summed E-state index contributed by atoms with van der Waals surface area (Å²) >= 11 is 0. The molecule has 0 aromatic rings. The number of aliphatic hydroxyl groups is 4. The van der Waals surface area contributed by atoms with Crippen molar-refractivity contribution in [1.82, 2.24) is 0 Å². The van der Waals surface area contributed by atoms with Gasteiger partial charge in [0.15, 0.2) is 0 Å². The van der Waals surface area contributed by atoms with Gasteiger partial charge in [-0.3, -0.25) is 0 Å². The Hall–Kier alpha value is -0.420. The fourth-order valence-electron chi connectivity index (χ4n) is 0.193. The highest BCUT2D eigenvalue weighted by Crippen LogP contribution is 2.15. The minimum atomic E-state index is -2.65. The van der Waals surface area contributed by atoms with Crippen molar-refractivity contribution in [2.24, 2.45) is 0 Å². The second-order valence-corrected chi connectivity index (χ2v) is 1.95. The van der Waals surface area contributed by atoms with E-state index >= 15 is 0 Å². The summed E-state index contributed by atoms with van der Waals surface area (Å²) in [5.41, 5.74) is 0. The van der Waals surface area contributed by atoms with Crippen molar-refractivity contribution >= 4 is 0 Å². The molecule has 0 rings (SSSR count). The third kappa shape index (κ3) is 1.76. The maximum Gasteiger partial charge on any atom is 0.238 e. The van der Waals surface area contributed by atoms with E-state index in [0.717, 1.165) is 6.92 Å². The molecular formula is C5H10O4. The first kappa shape index (κ1) is 8.58. The summed E-state index contributed by atoms with van der Waals surface area (Å²) in [6.45, 7) is 3.82. The van der Waals surface area contributed by atoms with Crippen LogP contribution in [0.4, 0.5) is 0 Å². The zero-order chi connectivity index (χ0) is 7.71. The van der Waals surface area contributed by atoms with Gasteiger partial charge in [-0.1, -0.05) is 6.58 Å². The fourth-order valence-corrected chi connectivity index (χ4v) is 0.193. The summed E-state index contributed by atoms with van der Waals surface area (Å²) in [4.78, 5) is 0. The van der Waals surface area contributed by atoms with Crippen LogP contribution in [0.15, 0.2) is 12.7 Å². The number of hydrogen-bond acceptors (Lipinski definition) is 4. The van der Waals surface area contributed by atoms with Crippen molar-refractivity contribution in [3.05, 3.63) is 12.7 Å². The van der Waals surface area contributed by atoms with Crippen molar-refractivity contribution in [3.8, 4) is 0 Å². The van der Waals surface area contributed by atoms with Gasteiger partial charge in [-0.2, -0.15) is 0 Å². The first-order chi connectivity index (χ1) is 3.81. The van der Waals surface area contributed by atoms with Gasteiger partial charge < -0.3 is 20.4 Å². The zero-order valence-electron chi connectivity index (χ0n) is 5.07. The SMILES string of the molecule is C=CC(O)(O)C(C)(O)O. The van der Waals surface area contributed by atoms with Crippen LogP contribution in [-0.4, -0.2) is 32.0 Å². The molecule has 0 bridgehead atoms. The molecule has 0 aliphatic heterocycles. The van der Waals surface area contributed by atoms with Crippen LogP contribution in [0.2, 0.25) is 0 Å². The summed E-state index contributed by atoms with van der Waals surface area (Å²) < 4.78 is 0. The lowest BCUT2D eigenvalue weighted by Gasteiger charge is -2.28. The Kier molecular flexibility index (Phi) is 1.98. The third-order valence-corrected chi connectivity index (χ3v) is 0.982. The highest BCUT2D eigenvalue weighted by Gasteiger charge is 2.39. The first-order valence-electron chi connectivity index (χ1n) is 2.34. The smallest absolute Gasteiger partial charge is 0.238 e. The quantitative estimate of drug-likeness (QED) is 0.275. The van der Waals surface area contributed by atoms with Gasteiger partial charge >= 0.3 is 0 Å². The van der Waals surface area contributed by atoms with E-state index in [0.29, 0.717) is 6.08 Å². The standard InChI is InChI=1S/C5H10O4/c1-3-5(8,9)4(2,6)7/h3,6-9H,1H2,2H3. The van der Waals surface area contributed by atoms with E-state index in [1.807, 2.05) is 0 Å². The molecule has 0 aliphatic rings. The molecule has 4 heteroatoms. The molecule has 0 atom stereocenters. The summed E-state index contributed by atoms with van der Waals surface area (Å²) in [6.07, 6.45) is 0.632. The van der Waals surface area contributed by atoms with Gasteiger partial charge in [0.25, 0.3) is 0 Å². The van der Waals surface area contributed by atoms with Gasteiger partial charge in [0.05, 0.1) is 0 Å². The minimum absolute atomic E-state index is 0.632. The lowest BCUT2D eigenvalue weighted by molar-refractivity contribution is -0.323. The van der Waals surface area contributed by atoms with Gasteiger partial charge in [-0.25, -0.2) is 0 Å². The molecule has 9 heavy (non-hydrogen) atoms. The molecule has 0 saturated heterocycles. The molecule has 0 aromatic heterocycles. The normalized spacial score (nSPS) is 13.4. The Labute approximate surface area is 52.7 Å². The van der Waals surface area contributed by atoms with Crippen molar-refractivity contribution in [1.29, 1.82) is 0 Å². The van der Waals surface area contributed by atoms with E-state index in [1.165, 1.54) is 0 Å². The Morgan fingerprint density at radius 1 is 1.22 bits per heavy atom. The molecule has 0 fully saturated rings. The molecule has 0 radical (unpaired) electrons. The Balaban J connectivity index is 4.32. The molecule has 0 aliphatic carbocycles. The van der Waals surface area contributed by atoms with Gasteiger partial charge in [-0.05, 0) is 13.0 Å². The maximum atomic E-state index is 8.60. The highest BCUT2D eigenvalue weighted by molar-refractivity contribution is 4.93. The Morgan fingerprint density at radius 3 is 1.56 bits per heavy atom. The molecule has 54 valence electrons. The van der Waals surface area contributed by atoms with Crippen LogP contribution in [0.25, 0.3) is 0 Å². The summed E-state index contributed by atoms with van der Waals surface area (Å²) in [7, 11) is 0. The van der Waals surface area contributed by atoms with Crippen molar-refractivity contribution in [3.63, 3.8) is 0 Å². The van der Waals surface area contributed by atoms with E-state index in [2.05, 4.69) is 6.58 Å². The lowest BCUT2D eigenvalue weighted by Crippen LogP contribution is -2.50. The number of rotatable bonds is 2. The first-order valence-corrected chi connectivity index (χ1v) is 2.34. The Bertz CT molecular complexity index is 111. The average molecular weight is 134 g/mol. The van der Waals surface area contributed by atoms with E-state index < -0.39 is 11.6 Å². The molecule has 0 saturated carbocycles. The molecule has 4 N–H and O–H groups in total. The Morgan fingerprint density at radius 2 is 1.56 bits per heavy atom. The van der Waals surface area contributed by atoms with Gasteiger partial charge in [-0.15, -0.1) is 0 Å². The van der Waals surface area contributed by atoms with Crippen LogP contribution in [0, 0.1) is 0 Å². The largest absolute Gasteiger partial charge is 0.361 e. The third-order valence-electron chi connectivity index (χ3n) is 0.982. The van der Waals surface area contributed by atoms with Gasteiger partial charge in [0.2, 0.25) is 11.6 Å². The van der Waals surface area contributed by atoms with Gasteiger partial charge in [0, 0.05) is 0 Å². The average Bonchev–Trinajstić information content (AvgIpc) is 1.64. The summed E-state index contributed by atoms with van der Waals surface area (Å²) in [6, 6.07) is 0. The second kappa shape index (κ2) is 2.07. The van der Waals surface area contributed by atoms with Crippen LogP contribution in [0.3, 0.4) is 0 Å². The van der Waals surface area contributed by atoms with Crippen LogP contribution >= 0.6 is 0 Å². The maximum absolute atomic E-state index is 8.60. The lowest BCUT2D eigenvalue weighted by atomic mass is 10.1. The van der Waals surface area contributed by atoms with E-state index in [9.17, 15) is 0 Å². The van der Waals surface area contributed by atoms with Crippen LogP contribution in [-0.2, 0) is 0 Å². The second-order valence-electron chi connectivity index (χ2n) is 1.95. The predicted molar refractivity (Wildman–Crippen MR) is 30.2 cm³/mol. The zero-order valence-corrected chi connectivity index (χ0v) is 5.07. The monoisotopic (exact) mass is 134 g/mol. The number of hydrogen-bond donors (Lipinski definition) is 4. The van der Waals surface area contributed by atoms with Crippen LogP contribution in [0.1, 0.15) is 6.92 Å². The van der Waals surface area contributed by atoms with Gasteiger partial charge in [0.1, 0.15) is 0 Å². The summed E-state index contributed by atoms with van der Waals surface area (Å²) in [5.74, 6) is -5.21. The van der Waals surface area contributed by atoms with Crippen molar-refractivity contribution in [2.45, 2.75) is 18.5 Å². The molecule has 4 nitrogen and oxygen atoms in total. The summed E-state index contributed by atoms with van der Waals surface area (Å²) in [5, 5.41) is 34.3. The highest BCUT2D eigenvalue weighted by atomic mass is 16.6. The predicted octanol–water partition coefficient (Wildman–Crippen LogP) is -1.45. The topological polar surface area (TPSA) is 80.9 Å².